The minimum atomic E-state index is -0.312. The van der Waals surface area contributed by atoms with Crippen molar-refractivity contribution < 1.29 is 14.6 Å². The Bertz CT molecular complexity index is 1030. The van der Waals surface area contributed by atoms with Gasteiger partial charge in [0.25, 0.3) is 0 Å². The smallest absolute Gasteiger partial charge is 0.176 e. The maximum Gasteiger partial charge on any atom is 0.176 e. The number of ketones is 1. The zero-order chi connectivity index (χ0) is 19.8. The van der Waals surface area contributed by atoms with E-state index in [1.807, 2.05) is 60.7 Å². The van der Waals surface area contributed by atoms with Crippen LogP contribution in [0.1, 0.15) is 27.9 Å². The minimum absolute atomic E-state index is 0.00423. The van der Waals surface area contributed by atoms with Gasteiger partial charge in [0, 0.05) is 36.1 Å². The van der Waals surface area contributed by atoms with Crippen LogP contribution in [-0.4, -0.2) is 41.5 Å². The Labute approximate surface area is 170 Å². The van der Waals surface area contributed by atoms with Crippen molar-refractivity contribution in [3.05, 3.63) is 95.6 Å². The summed E-state index contributed by atoms with van der Waals surface area (Å²) in [4.78, 5) is 15.0. The van der Waals surface area contributed by atoms with Gasteiger partial charge in [-0.1, -0.05) is 60.7 Å². The van der Waals surface area contributed by atoms with E-state index < -0.39 is 0 Å². The van der Waals surface area contributed by atoms with Crippen LogP contribution in [0.25, 0.3) is 0 Å². The van der Waals surface area contributed by atoms with Gasteiger partial charge in [-0.05, 0) is 23.8 Å². The molecule has 2 atom stereocenters. The van der Waals surface area contributed by atoms with Crippen molar-refractivity contribution in [2.45, 2.75) is 17.9 Å². The van der Waals surface area contributed by atoms with Crippen LogP contribution in [0.3, 0.4) is 0 Å². The number of phenols is 1. The normalized spacial score (nSPS) is 23.1. The number of hydrogen-bond donors (Lipinski definition) is 1. The molecule has 2 aliphatic heterocycles. The summed E-state index contributed by atoms with van der Waals surface area (Å²) in [5.41, 5.74) is 2.61. The largest absolute Gasteiger partial charge is 0.508 e. The molecule has 2 aliphatic rings. The summed E-state index contributed by atoms with van der Waals surface area (Å²) < 4.78 is 6.26. The summed E-state index contributed by atoms with van der Waals surface area (Å²) in [7, 11) is 0. The van der Waals surface area contributed by atoms with Gasteiger partial charge in [0.1, 0.15) is 17.6 Å². The Hall–Kier alpha value is -3.11. The van der Waals surface area contributed by atoms with Crippen LogP contribution in [0.2, 0.25) is 0 Å². The summed E-state index contributed by atoms with van der Waals surface area (Å²) in [5, 5.41) is 10.2. The first kappa shape index (κ1) is 18.0. The van der Waals surface area contributed by atoms with Crippen LogP contribution >= 0.6 is 0 Å². The van der Waals surface area contributed by atoms with E-state index in [2.05, 4.69) is 17.0 Å². The lowest BCUT2D eigenvalue weighted by molar-refractivity contribution is 0.0307. The molecule has 1 fully saturated rings. The molecule has 0 spiro atoms. The number of aromatic hydroxyl groups is 1. The van der Waals surface area contributed by atoms with Gasteiger partial charge in [-0.25, -0.2) is 0 Å². The van der Waals surface area contributed by atoms with Crippen molar-refractivity contribution in [3.8, 4) is 11.5 Å². The van der Waals surface area contributed by atoms with Gasteiger partial charge < -0.3 is 9.84 Å². The standard InChI is InChI=1S/C25H23NO3/c27-20-11-12-24-22(13-20)25(19-9-5-2-6-10-19)14-21(29-24)15-26(17-25)16-23(28)18-7-3-1-4-8-18/h1-13,21,27H,14-17H2. The molecule has 0 amide bonds. The summed E-state index contributed by atoms with van der Waals surface area (Å²) >= 11 is 0. The molecular weight excluding hydrogens is 362 g/mol. The highest BCUT2D eigenvalue weighted by Gasteiger charge is 2.48. The fourth-order valence-electron chi connectivity index (χ4n) is 4.86. The molecule has 2 heterocycles. The van der Waals surface area contributed by atoms with Crippen LogP contribution in [0.4, 0.5) is 0 Å². The van der Waals surface area contributed by atoms with E-state index in [9.17, 15) is 9.90 Å². The first-order valence-corrected chi connectivity index (χ1v) is 10.0. The van der Waals surface area contributed by atoms with Crippen molar-refractivity contribution in [2.75, 3.05) is 19.6 Å². The number of likely N-dealkylation sites (tertiary alicyclic amines) is 1. The lowest BCUT2D eigenvalue weighted by atomic mass is 9.66. The first-order chi connectivity index (χ1) is 14.1. The number of hydrogen-bond acceptors (Lipinski definition) is 4. The first-order valence-electron chi connectivity index (χ1n) is 10.0. The van der Waals surface area contributed by atoms with Crippen molar-refractivity contribution in [2.24, 2.45) is 0 Å². The number of piperidine rings is 1. The second-order valence-corrected chi connectivity index (χ2v) is 8.03. The van der Waals surface area contributed by atoms with Crippen LogP contribution in [0.5, 0.6) is 11.5 Å². The molecule has 5 rings (SSSR count). The third-order valence-electron chi connectivity index (χ3n) is 6.09. The fraction of sp³-hybridized carbons (Fsp3) is 0.240. The lowest BCUT2D eigenvalue weighted by Crippen LogP contribution is -2.57. The lowest BCUT2D eigenvalue weighted by Gasteiger charge is -2.50. The summed E-state index contributed by atoms with van der Waals surface area (Å²) in [5.74, 6) is 1.18. The highest BCUT2D eigenvalue weighted by Crippen LogP contribution is 2.49. The molecule has 3 aromatic carbocycles. The number of rotatable bonds is 4. The average Bonchev–Trinajstić information content (AvgIpc) is 2.75. The third-order valence-corrected chi connectivity index (χ3v) is 6.09. The molecule has 1 N–H and O–H groups in total. The van der Waals surface area contributed by atoms with Gasteiger partial charge in [0.2, 0.25) is 0 Å². The number of phenolic OH excluding ortho intramolecular Hbond substituents is 1. The predicted octanol–water partition coefficient (Wildman–Crippen LogP) is 4.03. The Morgan fingerprint density at radius 3 is 2.52 bits per heavy atom. The SMILES string of the molecule is O=C(CN1CC2CC(c3ccccc3)(C1)c1cc(O)ccc1O2)c1ccccc1. The van der Waals surface area contributed by atoms with E-state index in [0.29, 0.717) is 19.6 Å². The highest BCUT2D eigenvalue weighted by atomic mass is 16.5. The number of benzene rings is 3. The van der Waals surface area contributed by atoms with E-state index in [-0.39, 0.29) is 23.1 Å². The second-order valence-electron chi connectivity index (χ2n) is 8.03. The van der Waals surface area contributed by atoms with Crippen LogP contribution < -0.4 is 4.74 Å². The Morgan fingerprint density at radius 2 is 1.76 bits per heavy atom. The average molecular weight is 385 g/mol. The molecule has 4 nitrogen and oxygen atoms in total. The maximum absolute atomic E-state index is 12.9. The van der Waals surface area contributed by atoms with E-state index in [0.717, 1.165) is 23.3 Å². The van der Waals surface area contributed by atoms with Gasteiger partial charge in [0.15, 0.2) is 5.78 Å². The topological polar surface area (TPSA) is 49.8 Å². The van der Waals surface area contributed by atoms with Crippen molar-refractivity contribution in [1.29, 1.82) is 0 Å². The van der Waals surface area contributed by atoms with E-state index >= 15 is 0 Å². The van der Waals surface area contributed by atoms with Crippen LogP contribution in [0.15, 0.2) is 78.9 Å². The summed E-state index contributed by atoms with van der Waals surface area (Å²) in [6.07, 6.45) is 0.841. The molecule has 0 saturated carbocycles. The molecule has 146 valence electrons. The molecular formula is C25H23NO3. The number of ether oxygens (including phenoxy) is 1. The van der Waals surface area contributed by atoms with Gasteiger partial charge in [-0.15, -0.1) is 0 Å². The van der Waals surface area contributed by atoms with Crippen molar-refractivity contribution in [1.82, 2.24) is 4.90 Å². The van der Waals surface area contributed by atoms with Gasteiger partial charge in [-0.2, -0.15) is 0 Å². The summed E-state index contributed by atoms with van der Waals surface area (Å²) in [6.45, 7) is 1.78. The van der Waals surface area contributed by atoms with E-state index in [1.54, 1.807) is 6.07 Å². The predicted molar refractivity (Wildman–Crippen MR) is 112 cm³/mol. The molecule has 2 bridgehead atoms. The minimum Gasteiger partial charge on any atom is -0.508 e. The molecule has 0 aromatic heterocycles. The zero-order valence-corrected chi connectivity index (χ0v) is 16.1. The van der Waals surface area contributed by atoms with Crippen molar-refractivity contribution in [3.63, 3.8) is 0 Å². The summed E-state index contributed by atoms with van der Waals surface area (Å²) in [6, 6.07) is 25.2. The van der Waals surface area contributed by atoms with Gasteiger partial charge in [-0.3, -0.25) is 9.69 Å². The Morgan fingerprint density at radius 1 is 1.03 bits per heavy atom. The molecule has 4 heteroatoms. The number of Topliss-reactive ketones (excluding diaryl/α,β-unsaturated/α-hetero) is 1. The van der Waals surface area contributed by atoms with Crippen LogP contribution in [-0.2, 0) is 5.41 Å². The molecule has 29 heavy (non-hydrogen) atoms. The third kappa shape index (κ3) is 3.19. The Balaban J connectivity index is 1.54. The number of fused-ring (bicyclic) bond motifs is 4. The second kappa shape index (κ2) is 7.05. The number of nitrogens with zero attached hydrogens (tertiary/aromatic N) is 1. The zero-order valence-electron chi connectivity index (χ0n) is 16.1. The number of carbonyl (C=O) groups excluding carboxylic acids is 1. The van der Waals surface area contributed by atoms with Gasteiger partial charge in [0.05, 0.1) is 6.54 Å². The van der Waals surface area contributed by atoms with E-state index in [4.69, 9.17) is 4.74 Å². The fourth-order valence-corrected chi connectivity index (χ4v) is 4.86. The van der Waals surface area contributed by atoms with Gasteiger partial charge >= 0.3 is 0 Å². The van der Waals surface area contributed by atoms with E-state index in [1.165, 1.54) is 5.56 Å². The number of carbonyl (C=O) groups is 1. The highest BCUT2D eigenvalue weighted by molar-refractivity contribution is 5.97. The van der Waals surface area contributed by atoms with Crippen molar-refractivity contribution >= 4 is 5.78 Å². The molecule has 3 aromatic rings. The maximum atomic E-state index is 12.9. The molecule has 0 aliphatic carbocycles. The quantitative estimate of drug-likeness (QED) is 0.689. The Kier molecular flexibility index (Phi) is 4.36. The molecule has 1 saturated heterocycles. The monoisotopic (exact) mass is 385 g/mol. The molecule has 0 radical (unpaired) electrons. The van der Waals surface area contributed by atoms with Crippen LogP contribution in [0, 0.1) is 0 Å². The molecule has 2 unspecified atom stereocenters.